The maximum Gasteiger partial charge on any atom is 0.307 e. The second-order valence-corrected chi connectivity index (χ2v) is 7.05. The third-order valence-corrected chi connectivity index (χ3v) is 5.10. The molecule has 0 radical (unpaired) electrons. The number of carbonyl (C=O) groups excluding carboxylic acids is 1. The van der Waals surface area contributed by atoms with Gasteiger partial charge in [0.2, 0.25) is 5.91 Å². The molecule has 0 saturated heterocycles. The van der Waals surface area contributed by atoms with Gasteiger partial charge in [0.05, 0.1) is 30.7 Å². The van der Waals surface area contributed by atoms with Crippen molar-refractivity contribution in [2.45, 2.75) is 19.9 Å². The second kappa shape index (κ2) is 6.78. The van der Waals surface area contributed by atoms with E-state index in [-0.39, 0.29) is 5.91 Å². The zero-order valence-electron chi connectivity index (χ0n) is 15.0. The van der Waals surface area contributed by atoms with Crippen molar-refractivity contribution in [2.75, 3.05) is 7.11 Å². The van der Waals surface area contributed by atoms with Crippen LogP contribution < -0.4 is 10.1 Å². The van der Waals surface area contributed by atoms with Gasteiger partial charge in [0.25, 0.3) is 0 Å². The summed E-state index contributed by atoms with van der Waals surface area (Å²) >= 11 is 0. The number of amides is 1. The molecule has 1 aromatic carbocycles. The molecular formula is C20H22N2O4. The van der Waals surface area contributed by atoms with Gasteiger partial charge in [0.1, 0.15) is 5.75 Å². The van der Waals surface area contributed by atoms with E-state index in [1.165, 1.54) is 0 Å². The number of pyridine rings is 1. The van der Waals surface area contributed by atoms with Crippen molar-refractivity contribution in [2.24, 2.45) is 17.3 Å². The van der Waals surface area contributed by atoms with E-state index < -0.39 is 29.3 Å². The summed E-state index contributed by atoms with van der Waals surface area (Å²) in [4.78, 5) is 28.6. The highest BCUT2D eigenvalue weighted by Crippen LogP contribution is 2.58. The highest BCUT2D eigenvalue weighted by molar-refractivity contribution is 5.92. The number of methoxy groups -OCH3 is 1. The van der Waals surface area contributed by atoms with Crippen molar-refractivity contribution in [1.82, 2.24) is 10.3 Å². The van der Waals surface area contributed by atoms with E-state index in [4.69, 9.17) is 4.74 Å². The number of hydrogen-bond donors (Lipinski definition) is 2. The fraction of sp³-hybridized carbons (Fsp3) is 0.350. The average Bonchev–Trinajstić information content (AvgIpc) is 3.23. The number of aliphatic carboxylic acids is 1. The lowest BCUT2D eigenvalue weighted by Gasteiger charge is -2.21. The van der Waals surface area contributed by atoms with E-state index in [9.17, 15) is 14.7 Å². The van der Waals surface area contributed by atoms with Gasteiger partial charge in [-0.25, -0.2) is 0 Å². The lowest BCUT2D eigenvalue weighted by Crippen LogP contribution is -2.32. The Bertz CT molecular complexity index is 820. The first-order chi connectivity index (χ1) is 12.4. The Kier molecular flexibility index (Phi) is 4.68. The summed E-state index contributed by atoms with van der Waals surface area (Å²) in [5.74, 6) is -1.84. The van der Waals surface area contributed by atoms with Crippen LogP contribution in [0.1, 0.15) is 31.1 Å². The van der Waals surface area contributed by atoms with Gasteiger partial charge in [-0.05, 0) is 23.6 Å². The number of nitrogens with zero attached hydrogens (tertiary/aromatic N) is 1. The molecule has 0 bridgehead atoms. The molecule has 1 amide bonds. The molecule has 6 heteroatoms. The number of carbonyl (C=O) groups is 2. The zero-order valence-corrected chi connectivity index (χ0v) is 15.0. The Hall–Kier alpha value is -2.89. The number of carboxylic acid groups (broad SMARTS) is 1. The molecule has 1 fully saturated rings. The molecule has 1 saturated carbocycles. The topological polar surface area (TPSA) is 88.5 Å². The lowest BCUT2D eigenvalue weighted by molar-refractivity contribution is -0.140. The molecule has 6 nitrogen and oxygen atoms in total. The zero-order chi connectivity index (χ0) is 18.9. The Morgan fingerprint density at radius 1 is 1.15 bits per heavy atom. The van der Waals surface area contributed by atoms with E-state index in [1.807, 2.05) is 36.4 Å². The standard InChI is InChI=1S/C20H22N2O4/c1-20(2)15(16(20)19(24)25)18(23)22-17(13-9-6-7-11-21-13)12-8-4-5-10-14(12)26-3/h4-11,15-17H,1-3H3,(H,22,23)(H,24,25)/t15-,16+,17?/m0/s1. The van der Waals surface area contributed by atoms with Crippen LogP contribution in [0.25, 0.3) is 0 Å². The van der Waals surface area contributed by atoms with Crippen LogP contribution in [0, 0.1) is 17.3 Å². The summed E-state index contributed by atoms with van der Waals surface area (Å²) in [6, 6.07) is 12.3. The summed E-state index contributed by atoms with van der Waals surface area (Å²) in [7, 11) is 1.57. The van der Waals surface area contributed by atoms with Gasteiger partial charge >= 0.3 is 5.97 Å². The second-order valence-electron chi connectivity index (χ2n) is 7.05. The van der Waals surface area contributed by atoms with Crippen LogP contribution in [0.4, 0.5) is 0 Å². The smallest absolute Gasteiger partial charge is 0.307 e. The Morgan fingerprint density at radius 3 is 2.42 bits per heavy atom. The highest BCUT2D eigenvalue weighted by atomic mass is 16.5. The average molecular weight is 354 g/mol. The van der Waals surface area contributed by atoms with Crippen molar-refractivity contribution < 1.29 is 19.4 Å². The van der Waals surface area contributed by atoms with Crippen molar-refractivity contribution in [3.8, 4) is 5.75 Å². The van der Waals surface area contributed by atoms with Crippen LogP contribution in [-0.4, -0.2) is 29.1 Å². The van der Waals surface area contributed by atoms with Gasteiger partial charge in [-0.15, -0.1) is 0 Å². The summed E-state index contributed by atoms with van der Waals surface area (Å²) in [5.41, 5.74) is 0.869. The molecule has 0 aliphatic heterocycles. The Balaban J connectivity index is 1.93. The molecule has 1 aliphatic rings. The van der Waals surface area contributed by atoms with Crippen molar-refractivity contribution in [3.63, 3.8) is 0 Å². The Labute approximate surface area is 152 Å². The van der Waals surface area contributed by atoms with Crippen molar-refractivity contribution in [1.29, 1.82) is 0 Å². The van der Waals surface area contributed by atoms with Crippen molar-refractivity contribution in [3.05, 3.63) is 59.9 Å². The van der Waals surface area contributed by atoms with Crippen LogP contribution in [0.3, 0.4) is 0 Å². The molecule has 3 rings (SSSR count). The third-order valence-electron chi connectivity index (χ3n) is 5.10. The van der Waals surface area contributed by atoms with Gasteiger partial charge in [-0.1, -0.05) is 38.1 Å². The number of rotatable bonds is 6. The van der Waals surface area contributed by atoms with Crippen LogP contribution in [-0.2, 0) is 9.59 Å². The first-order valence-corrected chi connectivity index (χ1v) is 8.45. The van der Waals surface area contributed by atoms with Crippen LogP contribution in [0.15, 0.2) is 48.7 Å². The normalized spacial score (nSPS) is 21.5. The summed E-state index contributed by atoms with van der Waals surface area (Å²) < 4.78 is 5.43. The minimum absolute atomic E-state index is 0.288. The molecule has 2 N–H and O–H groups in total. The third kappa shape index (κ3) is 3.14. The fourth-order valence-corrected chi connectivity index (χ4v) is 3.58. The molecule has 26 heavy (non-hydrogen) atoms. The van der Waals surface area contributed by atoms with Gasteiger partial charge in [0.15, 0.2) is 0 Å². The number of para-hydroxylation sites is 1. The van der Waals surface area contributed by atoms with Crippen molar-refractivity contribution >= 4 is 11.9 Å². The first kappa shape index (κ1) is 17.9. The van der Waals surface area contributed by atoms with Gasteiger partial charge in [-0.2, -0.15) is 0 Å². The molecular weight excluding hydrogens is 332 g/mol. The van der Waals surface area contributed by atoms with Gasteiger partial charge in [-0.3, -0.25) is 14.6 Å². The predicted molar refractivity (Wildman–Crippen MR) is 95.6 cm³/mol. The van der Waals surface area contributed by atoms with Gasteiger partial charge < -0.3 is 15.2 Å². The molecule has 136 valence electrons. The first-order valence-electron chi connectivity index (χ1n) is 8.45. The van der Waals surface area contributed by atoms with E-state index in [0.29, 0.717) is 11.4 Å². The van der Waals surface area contributed by atoms with E-state index in [1.54, 1.807) is 33.2 Å². The number of carboxylic acids is 1. The lowest BCUT2D eigenvalue weighted by atomic mass is 10.0. The summed E-state index contributed by atoms with van der Waals surface area (Å²) in [6.45, 7) is 3.60. The number of ether oxygens (including phenoxy) is 1. The maximum absolute atomic E-state index is 12.8. The van der Waals surface area contributed by atoms with Crippen LogP contribution >= 0.6 is 0 Å². The number of aromatic nitrogens is 1. The number of benzene rings is 1. The molecule has 1 heterocycles. The monoisotopic (exact) mass is 354 g/mol. The van der Waals surface area contributed by atoms with E-state index in [0.717, 1.165) is 5.56 Å². The van der Waals surface area contributed by atoms with E-state index >= 15 is 0 Å². The summed E-state index contributed by atoms with van der Waals surface area (Å²) in [6.07, 6.45) is 1.66. The van der Waals surface area contributed by atoms with Crippen LogP contribution in [0.5, 0.6) is 5.75 Å². The quantitative estimate of drug-likeness (QED) is 0.832. The Morgan fingerprint density at radius 2 is 1.85 bits per heavy atom. The fourth-order valence-electron chi connectivity index (χ4n) is 3.58. The predicted octanol–water partition coefficient (Wildman–Crippen LogP) is 2.65. The highest BCUT2D eigenvalue weighted by Gasteiger charge is 2.66. The van der Waals surface area contributed by atoms with Crippen LogP contribution in [0.2, 0.25) is 0 Å². The molecule has 2 aromatic rings. The van der Waals surface area contributed by atoms with E-state index in [2.05, 4.69) is 10.3 Å². The largest absolute Gasteiger partial charge is 0.496 e. The maximum atomic E-state index is 12.8. The SMILES string of the molecule is COc1ccccc1C(NC(=O)[C@@H]1[C@H](C(=O)O)C1(C)C)c1ccccn1. The molecule has 3 atom stereocenters. The van der Waals surface area contributed by atoms with Gasteiger partial charge in [0, 0.05) is 11.8 Å². The molecule has 0 spiro atoms. The number of nitrogens with one attached hydrogen (secondary N) is 1. The minimum Gasteiger partial charge on any atom is -0.496 e. The minimum atomic E-state index is -0.943. The molecule has 1 unspecified atom stereocenters. The summed E-state index contributed by atoms with van der Waals surface area (Å²) in [5, 5.41) is 12.3. The number of hydrogen-bond acceptors (Lipinski definition) is 4. The molecule has 1 aromatic heterocycles. The molecule has 1 aliphatic carbocycles.